The molecule has 1 aromatic heterocycles. The molecule has 0 saturated carbocycles. The second-order valence-corrected chi connectivity index (χ2v) is 6.24. The normalized spacial score (nSPS) is 12.1. The van der Waals surface area contributed by atoms with Gasteiger partial charge < -0.3 is 5.73 Å². The number of para-hydroxylation sites is 1. The Morgan fingerprint density at radius 1 is 1.04 bits per heavy atom. The van der Waals surface area contributed by atoms with Crippen LogP contribution in [-0.2, 0) is 13.0 Å². The Morgan fingerprint density at radius 3 is 2.26 bits per heavy atom. The number of nitrogens with two attached hydrogens (primary N) is 1. The van der Waals surface area contributed by atoms with Crippen molar-refractivity contribution in [1.29, 1.82) is 0 Å². The summed E-state index contributed by atoms with van der Waals surface area (Å²) in [5.74, 6) is -1.57. The van der Waals surface area contributed by atoms with Crippen molar-refractivity contribution in [2.24, 2.45) is 5.73 Å². The molecule has 3 aromatic rings. The van der Waals surface area contributed by atoms with E-state index in [1.54, 1.807) is 37.3 Å². The van der Waals surface area contributed by atoms with E-state index in [1.807, 2.05) is 0 Å². The average molecular weight is 372 g/mol. The zero-order chi connectivity index (χ0) is 19.6. The average Bonchev–Trinajstić information content (AvgIpc) is 2.62. The SMILES string of the molecule is C[C@@H](N)Cn1nc(Cc2c(F)cccc2F)c(=O)n(-c2ccccc2)c1=O. The van der Waals surface area contributed by atoms with Crippen molar-refractivity contribution in [3.63, 3.8) is 0 Å². The molecule has 140 valence electrons. The van der Waals surface area contributed by atoms with Crippen molar-refractivity contribution in [1.82, 2.24) is 14.3 Å². The maximum Gasteiger partial charge on any atom is 0.352 e. The topological polar surface area (TPSA) is 82.9 Å². The molecule has 2 aromatic carbocycles. The van der Waals surface area contributed by atoms with Crippen LogP contribution in [0.5, 0.6) is 0 Å². The standard InChI is InChI=1S/C19H18F2N4O2/c1-12(22)11-24-19(27)25(13-6-3-2-4-7-13)18(26)17(23-24)10-14-15(20)8-5-9-16(14)21/h2-9,12H,10-11,22H2,1H3/t12-/m1/s1. The van der Waals surface area contributed by atoms with Gasteiger partial charge in [0, 0.05) is 18.0 Å². The van der Waals surface area contributed by atoms with Gasteiger partial charge in [-0.15, -0.1) is 0 Å². The lowest BCUT2D eigenvalue weighted by molar-refractivity contribution is 0.475. The second-order valence-electron chi connectivity index (χ2n) is 6.24. The molecule has 3 rings (SSSR count). The third kappa shape index (κ3) is 3.85. The fourth-order valence-corrected chi connectivity index (χ4v) is 2.74. The van der Waals surface area contributed by atoms with E-state index in [2.05, 4.69) is 5.10 Å². The van der Waals surface area contributed by atoms with Gasteiger partial charge in [-0.2, -0.15) is 5.10 Å². The van der Waals surface area contributed by atoms with Gasteiger partial charge in [-0.05, 0) is 31.2 Å². The van der Waals surface area contributed by atoms with Crippen molar-refractivity contribution in [3.8, 4) is 5.69 Å². The molecule has 0 spiro atoms. The monoisotopic (exact) mass is 372 g/mol. The lowest BCUT2D eigenvalue weighted by Crippen LogP contribution is -2.44. The summed E-state index contributed by atoms with van der Waals surface area (Å²) in [7, 11) is 0. The Kier molecular flexibility index (Phi) is 5.27. The molecule has 0 amide bonds. The smallest absolute Gasteiger partial charge is 0.326 e. The molecule has 1 atom stereocenters. The quantitative estimate of drug-likeness (QED) is 0.738. The van der Waals surface area contributed by atoms with Crippen molar-refractivity contribution in [2.45, 2.75) is 25.9 Å². The van der Waals surface area contributed by atoms with Crippen LogP contribution in [0.4, 0.5) is 8.78 Å². The first kappa shape index (κ1) is 18.7. The van der Waals surface area contributed by atoms with Gasteiger partial charge in [0.1, 0.15) is 17.3 Å². The number of hydrogen-bond donors (Lipinski definition) is 1. The Labute approximate surface area is 153 Å². The van der Waals surface area contributed by atoms with E-state index < -0.39 is 28.9 Å². The second kappa shape index (κ2) is 7.63. The summed E-state index contributed by atoms with van der Waals surface area (Å²) in [6.07, 6.45) is -0.386. The summed E-state index contributed by atoms with van der Waals surface area (Å²) in [4.78, 5) is 25.6. The lowest BCUT2D eigenvalue weighted by Gasteiger charge is -2.14. The number of hydrogen-bond acceptors (Lipinski definition) is 4. The first-order chi connectivity index (χ1) is 12.9. The number of rotatable bonds is 5. The zero-order valence-electron chi connectivity index (χ0n) is 14.6. The van der Waals surface area contributed by atoms with E-state index in [4.69, 9.17) is 5.73 Å². The van der Waals surface area contributed by atoms with E-state index in [-0.39, 0.29) is 24.2 Å². The maximum absolute atomic E-state index is 14.0. The zero-order valence-corrected chi connectivity index (χ0v) is 14.6. The van der Waals surface area contributed by atoms with Crippen molar-refractivity contribution in [2.75, 3.05) is 0 Å². The minimum Gasteiger partial charge on any atom is -0.326 e. The van der Waals surface area contributed by atoms with Gasteiger partial charge in [0.05, 0.1) is 12.2 Å². The predicted molar refractivity (Wildman–Crippen MR) is 96.9 cm³/mol. The summed E-state index contributed by atoms with van der Waals surface area (Å²) in [5.41, 5.74) is 4.27. The third-order valence-electron chi connectivity index (χ3n) is 3.98. The number of aromatic nitrogens is 3. The van der Waals surface area contributed by atoms with Gasteiger partial charge in [0.25, 0.3) is 5.56 Å². The van der Waals surface area contributed by atoms with Crippen LogP contribution in [0.15, 0.2) is 58.1 Å². The van der Waals surface area contributed by atoms with Gasteiger partial charge in [-0.25, -0.2) is 22.8 Å². The number of benzene rings is 2. The molecule has 0 saturated heterocycles. The predicted octanol–water partition coefficient (Wildman–Crippen LogP) is 1.61. The highest BCUT2D eigenvalue weighted by atomic mass is 19.1. The van der Waals surface area contributed by atoms with E-state index in [0.29, 0.717) is 5.69 Å². The maximum atomic E-state index is 14.0. The van der Waals surface area contributed by atoms with E-state index in [9.17, 15) is 18.4 Å². The molecule has 8 heteroatoms. The Morgan fingerprint density at radius 2 is 1.67 bits per heavy atom. The molecule has 0 bridgehead atoms. The Balaban J connectivity index is 2.22. The van der Waals surface area contributed by atoms with Crippen molar-refractivity contribution >= 4 is 0 Å². The first-order valence-electron chi connectivity index (χ1n) is 8.35. The highest BCUT2D eigenvalue weighted by molar-refractivity contribution is 5.32. The molecule has 0 aliphatic heterocycles. The summed E-state index contributed by atoms with van der Waals surface area (Å²) in [6, 6.07) is 11.3. The highest BCUT2D eigenvalue weighted by Crippen LogP contribution is 2.14. The molecule has 0 radical (unpaired) electrons. The van der Waals surface area contributed by atoms with E-state index in [1.165, 1.54) is 6.07 Å². The van der Waals surface area contributed by atoms with Gasteiger partial charge >= 0.3 is 5.69 Å². The number of halogens is 2. The summed E-state index contributed by atoms with van der Waals surface area (Å²) < 4.78 is 30.0. The lowest BCUT2D eigenvalue weighted by atomic mass is 10.1. The molecule has 6 nitrogen and oxygen atoms in total. The van der Waals surface area contributed by atoms with Crippen LogP contribution >= 0.6 is 0 Å². The Hall–Kier alpha value is -3.13. The van der Waals surface area contributed by atoms with Crippen LogP contribution in [0, 0.1) is 11.6 Å². The highest BCUT2D eigenvalue weighted by Gasteiger charge is 2.18. The van der Waals surface area contributed by atoms with Crippen LogP contribution in [0.25, 0.3) is 5.69 Å². The van der Waals surface area contributed by atoms with Crippen LogP contribution in [0.1, 0.15) is 18.2 Å². The molecular weight excluding hydrogens is 354 g/mol. The summed E-state index contributed by atoms with van der Waals surface area (Å²) >= 11 is 0. The fourth-order valence-electron chi connectivity index (χ4n) is 2.74. The molecule has 27 heavy (non-hydrogen) atoms. The molecule has 0 fully saturated rings. The van der Waals surface area contributed by atoms with Crippen molar-refractivity contribution in [3.05, 3.63) is 92.3 Å². The van der Waals surface area contributed by atoms with Gasteiger partial charge in [0.15, 0.2) is 0 Å². The molecule has 0 aliphatic carbocycles. The minimum absolute atomic E-state index is 0.0543. The molecule has 0 unspecified atom stereocenters. The third-order valence-corrected chi connectivity index (χ3v) is 3.98. The molecular formula is C19H18F2N4O2. The first-order valence-corrected chi connectivity index (χ1v) is 8.35. The van der Waals surface area contributed by atoms with E-state index in [0.717, 1.165) is 21.4 Å². The van der Waals surface area contributed by atoms with Crippen LogP contribution in [0.3, 0.4) is 0 Å². The minimum atomic E-state index is -0.785. The van der Waals surface area contributed by atoms with Crippen LogP contribution in [-0.4, -0.2) is 20.4 Å². The van der Waals surface area contributed by atoms with E-state index >= 15 is 0 Å². The number of nitrogens with zero attached hydrogens (tertiary/aromatic N) is 3. The van der Waals surface area contributed by atoms with Crippen LogP contribution in [0.2, 0.25) is 0 Å². The Bertz CT molecular complexity index is 1060. The van der Waals surface area contributed by atoms with Crippen molar-refractivity contribution < 1.29 is 8.78 Å². The van der Waals surface area contributed by atoms with Gasteiger partial charge in [-0.3, -0.25) is 4.79 Å². The van der Waals surface area contributed by atoms with Crippen LogP contribution < -0.4 is 17.0 Å². The molecule has 0 aliphatic rings. The fraction of sp³-hybridized carbons (Fsp3) is 0.211. The van der Waals surface area contributed by atoms with Gasteiger partial charge in [-0.1, -0.05) is 24.3 Å². The molecule has 2 N–H and O–H groups in total. The summed E-state index contributed by atoms with van der Waals surface area (Å²) in [6.45, 7) is 1.74. The molecule has 1 heterocycles. The summed E-state index contributed by atoms with van der Waals surface area (Å²) in [5, 5.41) is 4.03. The van der Waals surface area contributed by atoms with Gasteiger partial charge in [0.2, 0.25) is 0 Å². The largest absolute Gasteiger partial charge is 0.352 e.